The Bertz CT molecular complexity index is 1360. The summed E-state index contributed by atoms with van der Waals surface area (Å²) in [5, 5.41) is 5.41. The summed E-state index contributed by atoms with van der Waals surface area (Å²) >= 11 is 0. The van der Waals surface area contributed by atoms with Gasteiger partial charge in [0.05, 0.1) is 18.4 Å². The molecule has 2 amide bonds. The van der Waals surface area contributed by atoms with E-state index in [1.54, 1.807) is 23.0 Å². The minimum Gasteiger partial charge on any atom is -0.352 e. The number of imidazole rings is 1. The summed E-state index contributed by atoms with van der Waals surface area (Å²) in [7, 11) is 0. The van der Waals surface area contributed by atoms with Crippen molar-refractivity contribution in [3.63, 3.8) is 0 Å². The first-order valence-corrected chi connectivity index (χ1v) is 11.3. The number of nitrogens with zero attached hydrogens (tertiary/aromatic N) is 2. The summed E-state index contributed by atoms with van der Waals surface area (Å²) in [4.78, 5) is 29.3. The summed E-state index contributed by atoms with van der Waals surface area (Å²) in [5.74, 6) is -2.64. The lowest BCUT2D eigenvalue weighted by Gasteiger charge is -2.12. The highest BCUT2D eigenvalue weighted by atomic mass is 19.1. The molecule has 1 heterocycles. The van der Waals surface area contributed by atoms with Crippen molar-refractivity contribution in [2.24, 2.45) is 0 Å². The van der Waals surface area contributed by atoms with Gasteiger partial charge in [-0.15, -0.1) is 0 Å². The number of hydrogen-bond acceptors (Lipinski definition) is 3. The molecule has 1 aromatic heterocycles. The van der Waals surface area contributed by atoms with Crippen molar-refractivity contribution in [1.82, 2.24) is 14.9 Å². The summed E-state index contributed by atoms with van der Waals surface area (Å²) in [6.45, 7) is 0.584. The summed E-state index contributed by atoms with van der Waals surface area (Å²) in [6, 6.07) is 18.2. The van der Waals surface area contributed by atoms with E-state index in [0.717, 1.165) is 17.7 Å². The van der Waals surface area contributed by atoms with Crippen LogP contribution >= 0.6 is 0 Å². The first-order chi connectivity index (χ1) is 17.4. The van der Waals surface area contributed by atoms with Crippen LogP contribution in [-0.4, -0.2) is 27.9 Å². The zero-order chi connectivity index (χ0) is 25.5. The Morgan fingerprint density at radius 1 is 0.889 bits per heavy atom. The van der Waals surface area contributed by atoms with Crippen LogP contribution in [0.5, 0.6) is 0 Å². The maximum atomic E-state index is 13.7. The monoisotopic (exact) mass is 492 g/mol. The van der Waals surface area contributed by atoms with E-state index in [9.17, 15) is 22.8 Å². The fraction of sp³-hybridized carbons (Fsp3) is 0.148. The normalized spacial score (nSPS) is 10.8. The van der Waals surface area contributed by atoms with E-state index >= 15 is 0 Å². The van der Waals surface area contributed by atoms with Gasteiger partial charge < -0.3 is 15.2 Å². The number of aromatic nitrogens is 2. The second-order valence-corrected chi connectivity index (χ2v) is 8.09. The average molecular weight is 493 g/mol. The number of nitrogens with one attached hydrogen (secondary N) is 2. The van der Waals surface area contributed by atoms with Crippen molar-refractivity contribution in [1.29, 1.82) is 0 Å². The van der Waals surface area contributed by atoms with Crippen molar-refractivity contribution in [2.75, 3.05) is 11.9 Å². The van der Waals surface area contributed by atoms with Gasteiger partial charge in [0, 0.05) is 24.6 Å². The number of hydrogen-bond donors (Lipinski definition) is 2. The molecule has 0 saturated carbocycles. The Balaban J connectivity index is 1.41. The highest BCUT2D eigenvalue weighted by Crippen LogP contribution is 2.28. The van der Waals surface area contributed by atoms with Crippen LogP contribution in [0.2, 0.25) is 0 Å². The molecule has 0 aliphatic rings. The van der Waals surface area contributed by atoms with Gasteiger partial charge in [0.1, 0.15) is 29.0 Å². The lowest BCUT2D eigenvalue weighted by Crippen LogP contribution is -2.26. The molecule has 0 aliphatic carbocycles. The second-order valence-electron chi connectivity index (χ2n) is 8.09. The Morgan fingerprint density at radius 2 is 1.61 bits per heavy atom. The maximum absolute atomic E-state index is 13.7. The number of anilines is 1. The topological polar surface area (TPSA) is 76.0 Å². The van der Waals surface area contributed by atoms with Crippen molar-refractivity contribution < 1.29 is 22.8 Å². The van der Waals surface area contributed by atoms with Crippen LogP contribution in [0.25, 0.3) is 11.3 Å². The van der Waals surface area contributed by atoms with Crippen LogP contribution in [0, 0.1) is 17.5 Å². The fourth-order valence-electron chi connectivity index (χ4n) is 3.65. The second kappa shape index (κ2) is 11.4. The number of halogens is 3. The average Bonchev–Trinajstić information content (AvgIpc) is 3.24. The highest BCUT2D eigenvalue weighted by Gasteiger charge is 2.17. The van der Waals surface area contributed by atoms with Crippen molar-refractivity contribution >= 4 is 17.6 Å². The number of rotatable bonds is 9. The predicted octanol–water partition coefficient (Wildman–Crippen LogP) is 5.16. The van der Waals surface area contributed by atoms with Crippen molar-refractivity contribution in [3.05, 3.63) is 108 Å². The van der Waals surface area contributed by atoms with Gasteiger partial charge in [0.15, 0.2) is 0 Å². The number of carbonyl (C=O) groups excluding carboxylic acids is 2. The van der Waals surface area contributed by atoms with Crippen LogP contribution in [0.4, 0.5) is 19.0 Å². The molecular formula is C27H23F3N4O2. The van der Waals surface area contributed by atoms with E-state index < -0.39 is 17.5 Å². The molecule has 0 spiro atoms. The minimum atomic E-state index is -0.953. The van der Waals surface area contributed by atoms with Crippen LogP contribution in [0.1, 0.15) is 28.8 Å². The molecule has 2 N–H and O–H groups in total. The van der Waals surface area contributed by atoms with Crippen LogP contribution < -0.4 is 10.6 Å². The minimum absolute atomic E-state index is 0.0750. The fourth-order valence-corrected chi connectivity index (χ4v) is 3.65. The molecule has 0 bridgehead atoms. The first kappa shape index (κ1) is 24.7. The SMILES string of the molecule is O=C(CCCNC(=O)c1ccc(F)cc1F)Nc1c(-c2ccc(F)cc2)ncn1Cc1ccccc1. The molecule has 9 heteroatoms. The molecule has 6 nitrogen and oxygen atoms in total. The summed E-state index contributed by atoms with van der Waals surface area (Å²) < 4.78 is 42.0. The molecule has 0 saturated heterocycles. The van der Waals surface area contributed by atoms with E-state index in [4.69, 9.17) is 0 Å². The lowest BCUT2D eigenvalue weighted by atomic mass is 10.1. The third kappa shape index (κ3) is 6.18. The zero-order valence-electron chi connectivity index (χ0n) is 19.2. The number of amides is 2. The predicted molar refractivity (Wildman–Crippen MR) is 130 cm³/mol. The number of carbonyl (C=O) groups is 2. The molecule has 0 fully saturated rings. The molecule has 36 heavy (non-hydrogen) atoms. The van der Waals surface area contributed by atoms with E-state index in [0.29, 0.717) is 36.1 Å². The van der Waals surface area contributed by atoms with Gasteiger partial charge in [0.25, 0.3) is 5.91 Å². The third-order valence-corrected chi connectivity index (χ3v) is 5.45. The lowest BCUT2D eigenvalue weighted by molar-refractivity contribution is -0.116. The molecule has 0 unspecified atom stereocenters. The smallest absolute Gasteiger partial charge is 0.254 e. The van der Waals surface area contributed by atoms with E-state index in [-0.39, 0.29) is 30.3 Å². The van der Waals surface area contributed by atoms with Gasteiger partial charge in [-0.1, -0.05) is 30.3 Å². The quantitative estimate of drug-likeness (QED) is 0.317. The van der Waals surface area contributed by atoms with Crippen molar-refractivity contribution in [3.8, 4) is 11.3 Å². The van der Waals surface area contributed by atoms with Crippen LogP contribution in [-0.2, 0) is 11.3 Å². The van der Waals surface area contributed by atoms with Gasteiger partial charge in [-0.2, -0.15) is 0 Å². The highest BCUT2D eigenvalue weighted by molar-refractivity contribution is 5.95. The molecule has 3 aromatic carbocycles. The van der Waals surface area contributed by atoms with Crippen LogP contribution in [0.3, 0.4) is 0 Å². The molecule has 4 aromatic rings. The van der Waals surface area contributed by atoms with Gasteiger partial charge in [-0.3, -0.25) is 9.59 Å². The van der Waals surface area contributed by atoms with E-state index in [2.05, 4.69) is 15.6 Å². The van der Waals surface area contributed by atoms with E-state index in [1.165, 1.54) is 12.1 Å². The zero-order valence-corrected chi connectivity index (χ0v) is 19.2. The Morgan fingerprint density at radius 3 is 2.33 bits per heavy atom. The van der Waals surface area contributed by atoms with Crippen molar-refractivity contribution in [2.45, 2.75) is 19.4 Å². The van der Waals surface area contributed by atoms with Crippen LogP contribution in [0.15, 0.2) is 79.1 Å². The Kier molecular flexibility index (Phi) is 7.79. The summed E-state index contributed by atoms with van der Waals surface area (Å²) in [5.41, 5.74) is 1.88. The van der Waals surface area contributed by atoms with Gasteiger partial charge in [0.2, 0.25) is 5.91 Å². The van der Waals surface area contributed by atoms with E-state index in [1.807, 2.05) is 30.3 Å². The largest absolute Gasteiger partial charge is 0.352 e. The number of benzene rings is 3. The van der Waals surface area contributed by atoms with Gasteiger partial charge in [-0.25, -0.2) is 18.2 Å². The third-order valence-electron chi connectivity index (χ3n) is 5.45. The van der Waals surface area contributed by atoms with Gasteiger partial charge >= 0.3 is 0 Å². The Hall–Kier alpha value is -4.40. The molecular weight excluding hydrogens is 469 g/mol. The summed E-state index contributed by atoms with van der Waals surface area (Å²) in [6.07, 6.45) is 1.98. The molecule has 0 atom stereocenters. The molecule has 4 rings (SSSR count). The van der Waals surface area contributed by atoms with Gasteiger partial charge in [-0.05, 0) is 48.4 Å². The molecule has 184 valence electrons. The molecule has 0 aliphatic heterocycles. The standard InChI is InChI=1S/C27H23F3N4O2/c28-20-10-8-19(9-11-20)25-26(34(17-32-25)16-18-5-2-1-3-6-18)33-24(35)7-4-14-31-27(36)22-13-12-21(29)15-23(22)30/h1-3,5-6,8-13,15,17H,4,7,14,16H2,(H,31,36)(H,33,35). The first-order valence-electron chi connectivity index (χ1n) is 11.3. The Labute approximate surface area is 205 Å². The maximum Gasteiger partial charge on any atom is 0.254 e. The molecule has 0 radical (unpaired) electrons.